The van der Waals surface area contributed by atoms with E-state index in [-0.39, 0.29) is 0 Å². The highest BCUT2D eigenvalue weighted by molar-refractivity contribution is 9.13. The molecule has 1 unspecified atom stereocenters. The van der Waals surface area contributed by atoms with Crippen LogP contribution in [0.25, 0.3) is 0 Å². The lowest BCUT2D eigenvalue weighted by molar-refractivity contribution is 0.0670. The number of rotatable bonds is 2. The molecular formula is C13H13Br2NO. The molecule has 1 fully saturated rings. The van der Waals surface area contributed by atoms with Crippen molar-refractivity contribution in [1.82, 2.24) is 0 Å². The van der Waals surface area contributed by atoms with Crippen LogP contribution >= 0.6 is 31.9 Å². The Morgan fingerprint density at radius 1 is 1.24 bits per heavy atom. The van der Waals surface area contributed by atoms with Crippen LogP contribution < -0.4 is 0 Å². The van der Waals surface area contributed by atoms with E-state index in [0.717, 1.165) is 40.2 Å². The van der Waals surface area contributed by atoms with Crippen LogP contribution in [0.5, 0.6) is 0 Å². The van der Waals surface area contributed by atoms with Crippen LogP contribution in [-0.4, -0.2) is 5.11 Å². The molecule has 0 saturated heterocycles. The molecule has 4 heteroatoms. The fraction of sp³-hybridized carbons (Fsp3) is 0.462. The summed E-state index contributed by atoms with van der Waals surface area (Å²) in [7, 11) is 0. The summed E-state index contributed by atoms with van der Waals surface area (Å²) in [6.07, 6.45) is 2.95. The zero-order valence-electron chi connectivity index (χ0n) is 9.29. The molecule has 0 amide bonds. The van der Waals surface area contributed by atoms with Crippen LogP contribution in [0, 0.1) is 16.7 Å². The molecule has 1 N–H and O–H groups in total. The standard InChI is InChI=1S/C13H13Br2NO/c14-10-4-3-9(7-11(10)15)12(17)13(8-16)5-1-2-6-13/h3-4,7,12,17H,1-2,5-6H2. The molecule has 1 aliphatic rings. The van der Waals surface area contributed by atoms with Crippen molar-refractivity contribution >= 4 is 31.9 Å². The number of benzene rings is 1. The summed E-state index contributed by atoms with van der Waals surface area (Å²) in [4.78, 5) is 0. The van der Waals surface area contributed by atoms with E-state index in [2.05, 4.69) is 37.9 Å². The fourth-order valence-corrected chi connectivity index (χ4v) is 3.10. The molecule has 2 rings (SSSR count). The van der Waals surface area contributed by atoms with E-state index in [9.17, 15) is 10.4 Å². The minimum absolute atomic E-state index is 0.590. The Labute approximate surface area is 118 Å². The van der Waals surface area contributed by atoms with Gasteiger partial charge in [0.2, 0.25) is 0 Å². The van der Waals surface area contributed by atoms with Gasteiger partial charge in [0.1, 0.15) is 0 Å². The van der Waals surface area contributed by atoms with Crippen molar-refractivity contribution in [3.63, 3.8) is 0 Å². The zero-order chi connectivity index (χ0) is 12.5. The van der Waals surface area contributed by atoms with Gasteiger partial charge in [0.15, 0.2) is 0 Å². The molecule has 0 radical (unpaired) electrons. The van der Waals surface area contributed by atoms with Crippen LogP contribution in [0.1, 0.15) is 37.4 Å². The van der Waals surface area contributed by atoms with Gasteiger partial charge in [-0.1, -0.05) is 18.9 Å². The van der Waals surface area contributed by atoms with Gasteiger partial charge in [-0.15, -0.1) is 0 Å². The number of hydrogen-bond donors (Lipinski definition) is 1. The minimum Gasteiger partial charge on any atom is -0.387 e. The van der Waals surface area contributed by atoms with Crippen molar-refractivity contribution in [1.29, 1.82) is 5.26 Å². The monoisotopic (exact) mass is 357 g/mol. The number of halogens is 2. The van der Waals surface area contributed by atoms with E-state index >= 15 is 0 Å². The van der Waals surface area contributed by atoms with E-state index in [4.69, 9.17) is 0 Å². The molecule has 0 heterocycles. The molecule has 2 nitrogen and oxygen atoms in total. The molecule has 17 heavy (non-hydrogen) atoms. The smallest absolute Gasteiger partial charge is 0.0976 e. The lowest BCUT2D eigenvalue weighted by atomic mass is 9.79. The summed E-state index contributed by atoms with van der Waals surface area (Å²) >= 11 is 6.82. The van der Waals surface area contributed by atoms with Gasteiger partial charge in [-0.2, -0.15) is 5.26 Å². The summed E-state index contributed by atoms with van der Waals surface area (Å²) < 4.78 is 1.85. The van der Waals surface area contributed by atoms with Gasteiger partial charge < -0.3 is 5.11 Å². The molecule has 90 valence electrons. The maximum atomic E-state index is 10.4. The maximum Gasteiger partial charge on any atom is 0.0976 e. The number of aliphatic hydroxyl groups excluding tert-OH is 1. The molecule has 1 saturated carbocycles. The molecule has 1 aromatic carbocycles. The van der Waals surface area contributed by atoms with Crippen LogP contribution in [0.15, 0.2) is 27.1 Å². The van der Waals surface area contributed by atoms with Gasteiger partial charge in [-0.25, -0.2) is 0 Å². The third-order valence-electron chi connectivity index (χ3n) is 3.50. The van der Waals surface area contributed by atoms with E-state index in [0.29, 0.717) is 0 Å². The van der Waals surface area contributed by atoms with E-state index in [1.165, 1.54) is 0 Å². The zero-order valence-corrected chi connectivity index (χ0v) is 12.5. The van der Waals surface area contributed by atoms with E-state index in [1.54, 1.807) is 0 Å². The highest BCUT2D eigenvalue weighted by atomic mass is 79.9. The second-order valence-corrected chi connectivity index (χ2v) is 6.26. The van der Waals surface area contributed by atoms with Crippen LogP contribution in [0.4, 0.5) is 0 Å². The lowest BCUT2D eigenvalue weighted by Crippen LogP contribution is -2.23. The van der Waals surface area contributed by atoms with Crippen molar-refractivity contribution in [3.8, 4) is 6.07 Å². The topological polar surface area (TPSA) is 44.0 Å². The average Bonchev–Trinajstić information content (AvgIpc) is 2.81. The Bertz CT molecular complexity index is 461. The Morgan fingerprint density at radius 3 is 2.41 bits per heavy atom. The normalized spacial score (nSPS) is 19.9. The van der Waals surface area contributed by atoms with Gasteiger partial charge in [0.25, 0.3) is 0 Å². The predicted octanol–water partition coefficient (Wildman–Crippen LogP) is 4.33. The first-order chi connectivity index (χ1) is 8.09. The first-order valence-electron chi connectivity index (χ1n) is 5.63. The summed E-state index contributed by atoms with van der Waals surface area (Å²) in [5.41, 5.74) is 0.219. The van der Waals surface area contributed by atoms with Crippen LogP contribution in [0.2, 0.25) is 0 Å². The lowest BCUT2D eigenvalue weighted by Gasteiger charge is -2.27. The Hall–Kier alpha value is -0.370. The van der Waals surface area contributed by atoms with Crippen molar-refractivity contribution in [2.24, 2.45) is 5.41 Å². The van der Waals surface area contributed by atoms with Crippen molar-refractivity contribution in [3.05, 3.63) is 32.7 Å². The highest BCUT2D eigenvalue weighted by Gasteiger charge is 2.41. The summed E-state index contributed by atoms with van der Waals surface area (Å²) in [6, 6.07) is 7.98. The van der Waals surface area contributed by atoms with Crippen LogP contribution in [-0.2, 0) is 0 Å². The van der Waals surface area contributed by atoms with Crippen LogP contribution in [0.3, 0.4) is 0 Å². The van der Waals surface area contributed by atoms with Gasteiger partial charge in [-0.05, 0) is 62.4 Å². The first-order valence-corrected chi connectivity index (χ1v) is 7.22. The molecule has 0 bridgehead atoms. The van der Waals surface area contributed by atoms with Gasteiger partial charge in [0.05, 0.1) is 17.6 Å². The molecule has 0 aliphatic heterocycles. The highest BCUT2D eigenvalue weighted by Crippen LogP contribution is 2.47. The number of aliphatic hydroxyl groups is 1. The van der Waals surface area contributed by atoms with Crippen molar-refractivity contribution in [2.75, 3.05) is 0 Å². The average molecular weight is 359 g/mol. The third kappa shape index (κ3) is 2.42. The molecule has 1 atom stereocenters. The van der Waals surface area contributed by atoms with Crippen molar-refractivity contribution in [2.45, 2.75) is 31.8 Å². The third-order valence-corrected chi connectivity index (χ3v) is 5.38. The number of nitriles is 1. The SMILES string of the molecule is N#CC1(C(O)c2ccc(Br)c(Br)c2)CCCC1. The molecule has 1 aliphatic carbocycles. The molecule has 0 spiro atoms. The minimum atomic E-state index is -0.695. The van der Waals surface area contributed by atoms with E-state index < -0.39 is 11.5 Å². The second kappa shape index (κ2) is 5.09. The first kappa shape index (κ1) is 13.1. The molecule has 1 aromatic rings. The summed E-state index contributed by atoms with van der Waals surface area (Å²) in [5.74, 6) is 0. The largest absolute Gasteiger partial charge is 0.387 e. The van der Waals surface area contributed by atoms with Crippen molar-refractivity contribution < 1.29 is 5.11 Å². The molecular weight excluding hydrogens is 346 g/mol. The van der Waals surface area contributed by atoms with Gasteiger partial charge in [0, 0.05) is 8.95 Å². The Morgan fingerprint density at radius 2 is 1.88 bits per heavy atom. The Balaban J connectivity index is 2.33. The van der Waals surface area contributed by atoms with E-state index in [1.807, 2.05) is 18.2 Å². The quantitative estimate of drug-likeness (QED) is 0.855. The number of hydrogen-bond acceptors (Lipinski definition) is 2. The maximum absolute atomic E-state index is 10.4. The second-order valence-electron chi connectivity index (χ2n) is 4.55. The summed E-state index contributed by atoms with van der Waals surface area (Å²) in [6.45, 7) is 0. The molecule has 0 aromatic heterocycles. The number of nitrogens with zero attached hydrogens (tertiary/aromatic N) is 1. The summed E-state index contributed by atoms with van der Waals surface area (Å²) in [5, 5.41) is 19.8. The fourth-order valence-electron chi connectivity index (χ4n) is 2.45. The van der Waals surface area contributed by atoms with Gasteiger partial charge in [-0.3, -0.25) is 0 Å². The van der Waals surface area contributed by atoms with Gasteiger partial charge >= 0.3 is 0 Å². The predicted molar refractivity (Wildman–Crippen MR) is 73.3 cm³/mol. The Kier molecular flexibility index (Phi) is 3.92.